The molecule has 0 fully saturated rings. The van der Waals surface area contributed by atoms with E-state index in [1.54, 1.807) is 0 Å². The average molecular weight is 305 g/mol. The van der Waals surface area contributed by atoms with Crippen LogP contribution in [0.2, 0.25) is 0 Å². The molecule has 0 saturated heterocycles. The first kappa shape index (κ1) is 12.6. The highest BCUT2D eigenvalue weighted by Crippen LogP contribution is 2.17. The molecule has 0 unspecified atom stereocenters. The number of benzene rings is 2. The van der Waals surface area contributed by atoms with E-state index in [-0.39, 0.29) is 5.82 Å². The molecule has 2 aromatic rings. The van der Waals surface area contributed by atoms with Crippen LogP contribution < -0.4 is 5.32 Å². The van der Waals surface area contributed by atoms with Crippen molar-refractivity contribution < 1.29 is 4.39 Å². The molecule has 0 amide bonds. The van der Waals surface area contributed by atoms with E-state index in [9.17, 15) is 4.39 Å². The molecule has 2 rings (SSSR count). The zero-order valence-corrected chi connectivity index (χ0v) is 11.0. The first-order valence-electron chi connectivity index (χ1n) is 5.37. The highest BCUT2D eigenvalue weighted by Gasteiger charge is 2.03. The zero-order valence-electron chi connectivity index (χ0n) is 9.45. The molecule has 0 saturated carbocycles. The Morgan fingerprint density at radius 3 is 2.78 bits per heavy atom. The molecular weight excluding hydrogens is 295 g/mol. The molecule has 4 heteroatoms. The number of nitriles is 1. The van der Waals surface area contributed by atoms with E-state index in [0.717, 1.165) is 10.2 Å². The first-order valence-corrected chi connectivity index (χ1v) is 6.16. The minimum atomic E-state index is -0.333. The summed E-state index contributed by atoms with van der Waals surface area (Å²) in [5.74, 6) is -0.333. The van der Waals surface area contributed by atoms with E-state index in [4.69, 9.17) is 5.26 Å². The fourth-order valence-electron chi connectivity index (χ4n) is 1.61. The van der Waals surface area contributed by atoms with Gasteiger partial charge in [0.05, 0.1) is 11.6 Å². The molecule has 90 valence electrons. The van der Waals surface area contributed by atoms with Crippen molar-refractivity contribution in [2.75, 3.05) is 5.32 Å². The largest absolute Gasteiger partial charge is 0.381 e. The fourth-order valence-corrected chi connectivity index (χ4v) is 2.01. The molecule has 18 heavy (non-hydrogen) atoms. The van der Waals surface area contributed by atoms with E-state index >= 15 is 0 Å². The van der Waals surface area contributed by atoms with Gasteiger partial charge < -0.3 is 5.32 Å². The monoisotopic (exact) mass is 304 g/mol. The van der Waals surface area contributed by atoms with Gasteiger partial charge in [-0.15, -0.1) is 0 Å². The number of halogens is 2. The molecule has 0 aliphatic carbocycles. The second-order valence-corrected chi connectivity index (χ2v) is 4.69. The van der Waals surface area contributed by atoms with Crippen LogP contribution in [0.15, 0.2) is 46.9 Å². The van der Waals surface area contributed by atoms with Crippen LogP contribution in [0.5, 0.6) is 0 Å². The van der Waals surface area contributed by atoms with Crippen LogP contribution in [0.25, 0.3) is 0 Å². The van der Waals surface area contributed by atoms with Crippen molar-refractivity contribution in [1.82, 2.24) is 0 Å². The number of nitrogens with one attached hydrogen (secondary N) is 1. The van der Waals surface area contributed by atoms with Crippen molar-refractivity contribution >= 4 is 21.6 Å². The van der Waals surface area contributed by atoms with Gasteiger partial charge in [0.25, 0.3) is 0 Å². The number of rotatable bonds is 3. The average Bonchev–Trinajstić information content (AvgIpc) is 2.37. The minimum absolute atomic E-state index is 0.333. The highest BCUT2D eigenvalue weighted by molar-refractivity contribution is 9.10. The van der Waals surface area contributed by atoms with Crippen molar-refractivity contribution in [1.29, 1.82) is 5.26 Å². The predicted molar refractivity (Wildman–Crippen MR) is 72.6 cm³/mol. The van der Waals surface area contributed by atoms with Crippen molar-refractivity contribution in [3.05, 3.63) is 63.9 Å². The molecule has 0 spiro atoms. The molecule has 0 bridgehead atoms. The number of hydrogen-bond acceptors (Lipinski definition) is 2. The SMILES string of the molecule is N#Cc1ccc(F)cc1CNc1cccc(Br)c1. The molecular formula is C14H10BrFN2. The van der Waals surface area contributed by atoms with Crippen LogP contribution >= 0.6 is 15.9 Å². The Morgan fingerprint density at radius 2 is 2.06 bits per heavy atom. The molecule has 0 radical (unpaired) electrons. The molecule has 2 nitrogen and oxygen atoms in total. The molecule has 0 aromatic heterocycles. The molecule has 0 aliphatic heterocycles. The van der Waals surface area contributed by atoms with Gasteiger partial charge in [-0.05, 0) is 42.0 Å². The lowest BCUT2D eigenvalue weighted by molar-refractivity contribution is 0.625. The van der Waals surface area contributed by atoms with Gasteiger partial charge in [-0.1, -0.05) is 22.0 Å². The Hall–Kier alpha value is -1.86. The number of hydrogen-bond donors (Lipinski definition) is 1. The summed E-state index contributed by atoms with van der Waals surface area (Å²) in [5, 5.41) is 12.1. The van der Waals surface area contributed by atoms with E-state index in [0.29, 0.717) is 17.7 Å². The Morgan fingerprint density at radius 1 is 1.22 bits per heavy atom. The number of anilines is 1. The van der Waals surface area contributed by atoms with Crippen LogP contribution in [0.1, 0.15) is 11.1 Å². The van der Waals surface area contributed by atoms with Gasteiger partial charge in [-0.25, -0.2) is 4.39 Å². The van der Waals surface area contributed by atoms with Crippen molar-refractivity contribution in [3.63, 3.8) is 0 Å². The first-order chi connectivity index (χ1) is 8.69. The smallest absolute Gasteiger partial charge is 0.123 e. The maximum Gasteiger partial charge on any atom is 0.123 e. The third-order valence-corrected chi connectivity index (χ3v) is 2.99. The summed E-state index contributed by atoms with van der Waals surface area (Å²) in [4.78, 5) is 0. The molecule has 0 aliphatic rings. The summed E-state index contributed by atoms with van der Waals surface area (Å²) in [7, 11) is 0. The summed E-state index contributed by atoms with van der Waals surface area (Å²) >= 11 is 3.38. The van der Waals surface area contributed by atoms with Crippen molar-refractivity contribution in [2.24, 2.45) is 0 Å². The summed E-state index contributed by atoms with van der Waals surface area (Å²) in [6.07, 6.45) is 0. The van der Waals surface area contributed by atoms with Crippen LogP contribution in [0.3, 0.4) is 0 Å². The van der Waals surface area contributed by atoms with E-state index in [1.165, 1.54) is 18.2 Å². The van der Waals surface area contributed by atoms with E-state index in [2.05, 4.69) is 27.3 Å². The van der Waals surface area contributed by atoms with Gasteiger partial charge in [0.15, 0.2) is 0 Å². The van der Waals surface area contributed by atoms with Crippen LogP contribution in [-0.4, -0.2) is 0 Å². The second kappa shape index (κ2) is 5.65. The quantitative estimate of drug-likeness (QED) is 0.927. The maximum atomic E-state index is 13.1. The lowest BCUT2D eigenvalue weighted by Crippen LogP contribution is -2.02. The summed E-state index contributed by atoms with van der Waals surface area (Å²) in [6, 6.07) is 13.9. The topological polar surface area (TPSA) is 35.8 Å². The standard InChI is InChI=1S/C14H10BrFN2/c15-12-2-1-3-14(7-12)18-9-11-6-13(16)5-4-10(11)8-17/h1-7,18H,9H2. The predicted octanol–water partition coefficient (Wildman–Crippen LogP) is 4.07. The summed E-state index contributed by atoms with van der Waals surface area (Å²) in [6.45, 7) is 0.414. The minimum Gasteiger partial charge on any atom is -0.381 e. The van der Waals surface area contributed by atoms with Crippen LogP contribution in [-0.2, 0) is 6.54 Å². The van der Waals surface area contributed by atoms with E-state index in [1.807, 2.05) is 24.3 Å². The summed E-state index contributed by atoms with van der Waals surface area (Å²) < 4.78 is 14.1. The molecule has 0 heterocycles. The van der Waals surface area contributed by atoms with E-state index < -0.39 is 0 Å². The molecule has 1 N–H and O–H groups in total. The Bertz CT molecular complexity index is 605. The van der Waals surface area contributed by atoms with Crippen molar-refractivity contribution in [3.8, 4) is 6.07 Å². The fraction of sp³-hybridized carbons (Fsp3) is 0.0714. The van der Waals surface area contributed by atoms with Crippen LogP contribution in [0, 0.1) is 17.1 Å². The van der Waals surface area contributed by atoms with Gasteiger partial charge >= 0.3 is 0 Å². The third kappa shape index (κ3) is 3.08. The Balaban J connectivity index is 2.15. The van der Waals surface area contributed by atoms with Gasteiger partial charge in [0, 0.05) is 16.7 Å². The normalized spacial score (nSPS) is 9.83. The second-order valence-electron chi connectivity index (χ2n) is 3.78. The lowest BCUT2D eigenvalue weighted by atomic mass is 10.1. The van der Waals surface area contributed by atoms with Gasteiger partial charge in [0.1, 0.15) is 5.82 Å². The lowest BCUT2D eigenvalue weighted by Gasteiger charge is -2.08. The maximum absolute atomic E-state index is 13.1. The van der Waals surface area contributed by atoms with Crippen LogP contribution in [0.4, 0.5) is 10.1 Å². The van der Waals surface area contributed by atoms with Gasteiger partial charge in [-0.2, -0.15) is 5.26 Å². The van der Waals surface area contributed by atoms with Gasteiger partial charge in [0.2, 0.25) is 0 Å². The molecule has 2 aromatic carbocycles. The zero-order chi connectivity index (χ0) is 13.0. The van der Waals surface area contributed by atoms with Gasteiger partial charge in [-0.3, -0.25) is 0 Å². The summed E-state index contributed by atoms with van der Waals surface area (Å²) in [5.41, 5.74) is 2.05. The Labute approximate surface area is 113 Å². The van der Waals surface area contributed by atoms with Crippen molar-refractivity contribution in [2.45, 2.75) is 6.54 Å². The third-order valence-electron chi connectivity index (χ3n) is 2.50. The number of nitrogens with zero attached hydrogens (tertiary/aromatic N) is 1. The highest BCUT2D eigenvalue weighted by atomic mass is 79.9. The molecule has 0 atom stereocenters. The Kier molecular flexibility index (Phi) is 3.96.